The van der Waals surface area contributed by atoms with E-state index < -0.39 is 11.7 Å². The average molecular weight is 285 g/mol. The highest BCUT2D eigenvalue weighted by atomic mass is 19.1. The van der Waals surface area contributed by atoms with Gasteiger partial charge >= 0.3 is 0 Å². The number of halogens is 1. The molecule has 0 fully saturated rings. The molecular formula is C17H16FNO2. The average Bonchev–Trinajstić information content (AvgIpc) is 2.47. The number of phenolic OH excluding ortho intramolecular Hbond substituents is 1. The van der Waals surface area contributed by atoms with E-state index in [-0.39, 0.29) is 17.4 Å². The van der Waals surface area contributed by atoms with Crippen molar-refractivity contribution in [3.05, 3.63) is 65.0 Å². The maximum Gasteiger partial charge on any atom is 0.254 e. The van der Waals surface area contributed by atoms with Crippen LogP contribution in [0.15, 0.2) is 42.5 Å². The summed E-state index contributed by atoms with van der Waals surface area (Å²) in [7, 11) is 0. The molecule has 1 aliphatic rings. The summed E-state index contributed by atoms with van der Waals surface area (Å²) < 4.78 is 13.7. The molecule has 1 unspecified atom stereocenters. The number of amides is 1. The molecule has 3 nitrogen and oxygen atoms in total. The molecule has 21 heavy (non-hydrogen) atoms. The minimum absolute atomic E-state index is 0.0144. The highest BCUT2D eigenvalue weighted by Gasteiger charge is 2.21. The second kappa shape index (κ2) is 5.56. The third kappa shape index (κ3) is 2.89. The standard InChI is InChI=1S/C17H16FNO2/c18-16-10-14(20)7-8-15(16)17(21)19-13-6-5-11-3-1-2-4-12(11)9-13/h1-4,7-8,10,13,20H,5-6,9H2,(H,19,21). The first-order valence-electron chi connectivity index (χ1n) is 6.99. The van der Waals surface area contributed by atoms with E-state index >= 15 is 0 Å². The number of rotatable bonds is 2. The van der Waals surface area contributed by atoms with Crippen LogP contribution in [0.25, 0.3) is 0 Å². The Morgan fingerprint density at radius 2 is 1.95 bits per heavy atom. The summed E-state index contributed by atoms with van der Waals surface area (Å²) in [6.45, 7) is 0. The Labute approximate surface area is 122 Å². The number of carbonyl (C=O) groups is 1. The van der Waals surface area contributed by atoms with Gasteiger partial charge in [-0.25, -0.2) is 4.39 Å². The summed E-state index contributed by atoms with van der Waals surface area (Å²) in [5.41, 5.74) is 2.52. The van der Waals surface area contributed by atoms with E-state index in [4.69, 9.17) is 0 Å². The Morgan fingerprint density at radius 3 is 2.71 bits per heavy atom. The van der Waals surface area contributed by atoms with Crippen molar-refractivity contribution < 1.29 is 14.3 Å². The topological polar surface area (TPSA) is 49.3 Å². The zero-order valence-corrected chi connectivity index (χ0v) is 11.5. The van der Waals surface area contributed by atoms with Gasteiger partial charge in [-0.2, -0.15) is 0 Å². The molecule has 2 N–H and O–H groups in total. The van der Waals surface area contributed by atoms with Gasteiger partial charge < -0.3 is 10.4 Å². The van der Waals surface area contributed by atoms with Gasteiger partial charge in [-0.3, -0.25) is 4.79 Å². The third-order valence-corrected chi connectivity index (χ3v) is 3.88. The Kier molecular flexibility index (Phi) is 3.60. The van der Waals surface area contributed by atoms with Crippen molar-refractivity contribution in [1.29, 1.82) is 0 Å². The van der Waals surface area contributed by atoms with E-state index in [1.807, 2.05) is 12.1 Å². The summed E-state index contributed by atoms with van der Waals surface area (Å²) in [6.07, 6.45) is 2.53. The molecule has 3 rings (SSSR count). The van der Waals surface area contributed by atoms with Crippen LogP contribution in [0.2, 0.25) is 0 Å². The van der Waals surface area contributed by atoms with E-state index in [0.717, 1.165) is 25.3 Å². The minimum Gasteiger partial charge on any atom is -0.508 e. The van der Waals surface area contributed by atoms with Gasteiger partial charge in [0, 0.05) is 12.1 Å². The van der Waals surface area contributed by atoms with E-state index in [9.17, 15) is 14.3 Å². The highest BCUT2D eigenvalue weighted by molar-refractivity contribution is 5.94. The molecule has 0 heterocycles. The maximum absolute atomic E-state index is 13.7. The Morgan fingerprint density at radius 1 is 1.19 bits per heavy atom. The monoisotopic (exact) mass is 285 g/mol. The Hall–Kier alpha value is -2.36. The van der Waals surface area contributed by atoms with Gasteiger partial charge in [0.05, 0.1) is 5.56 Å². The van der Waals surface area contributed by atoms with Gasteiger partial charge in [0.2, 0.25) is 0 Å². The molecule has 0 spiro atoms. The van der Waals surface area contributed by atoms with Crippen molar-refractivity contribution in [2.75, 3.05) is 0 Å². The van der Waals surface area contributed by atoms with Crippen LogP contribution in [0.1, 0.15) is 27.9 Å². The first kappa shape index (κ1) is 13.6. The fraction of sp³-hybridized carbons (Fsp3) is 0.235. The normalized spacial score (nSPS) is 17.1. The molecule has 1 amide bonds. The molecule has 4 heteroatoms. The first-order valence-corrected chi connectivity index (χ1v) is 6.99. The minimum atomic E-state index is -0.705. The smallest absolute Gasteiger partial charge is 0.254 e. The molecule has 0 bridgehead atoms. The van der Waals surface area contributed by atoms with Crippen LogP contribution in [-0.2, 0) is 12.8 Å². The predicted octanol–water partition coefficient (Wildman–Crippen LogP) is 2.82. The molecular weight excluding hydrogens is 269 g/mol. The fourth-order valence-corrected chi connectivity index (χ4v) is 2.77. The van der Waals surface area contributed by atoms with E-state index in [2.05, 4.69) is 17.4 Å². The zero-order valence-electron chi connectivity index (χ0n) is 11.5. The van der Waals surface area contributed by atoms with Crippen molar-refractivity contribution in [2.24, 2.45) is 0 Å². The van der Waals surface area contributed by atoms with Gasteiger partial charge in [-0.1, -0.05) is 24.3 Å². The van der Waals surface area contributed by atoms with Gasteiger partial charge in [-0.05, 0) is 42.5 Å². The lowest BCUT2D eigenvalue weighted by Crippen LogP contribution is -2.39. The Balaban J connectivity index is 1.71. The first-order chi connectivity index (χ1) is 10.1. The molecule has 0 aliphatic heterocycles. The van der Waals surface area contributed by atoms with Crippen LogP contribution in [0.3, 0.4) is 0 Å². The molecule has 1 atom stereocenters. The van der Waals surface area contributed by atoms with E-state index in [1.54, 1.807) is 0 Å². The number of phenols is 1. The maximum atomic E-state index is 13.7. The fourth-order valence-electron chi connectivity index (χ4n) is 2.77. The zero-order chi connectivity index (χ0) is 14.8. The van der Waals surface area contributed by atoms with E-state index in [0.29, 0.717) is 0 Å². The van der Waals surface area contributed by atoms with Crippen molar-refractivity contribution in [1.82, 2.24) is 5.32 Å². The summed E-state index contributed by atoms with van der Waals surface area (Å²) in [5.74, 6) is -1.32. The third-order valence-electron chi connectivity index (χ3n) is 3.88. The van der Waals surface area contributed by atoms with Crippen molar-refractivity contribution in [3.8, 4) is 5.75 Å². The molecule has 2 aromatic carbocycles. The molecule has 0 aromatic heterocycles. The summed E-state index contributed by atoms with van der Waals surface area (Å²) in [6, 6.07) is 11.8. The van der Waals surface area contributed by atoms with Crippen LogP contribution in [-0.4, -0.2) is 17.1 Å². The van der Waals surface area contributed by atoms with Gasteiger partial charge in [0.25, 0.3) is 5.91 Å². The summed E-state index contributed by atoms with van der Waals surface area (Å²) >= 11 is 0. The number of nitrogens with one attached hydrogen (secondary N) is 1. The van der Waals surface area contributed by atoms with Gasteiger partial charge in [0.1, 0.15) is 11.6 Å². The second-order valence-corrected chi connectivity index (χ2v) is 5.35. The lowest BCUT2D eigenvalue weighted by atomic mass is 9.88. The number of hydrogen-bond acceptors (Lipinski definition) is 2. The van der Waals surface area contributed by atoms with Crippen LogP contribution in [0.4, 0.5) is 4.39 Å². The Bertz CT molecular complexity index is 684. The van der Waals surface area contributed by atoms with Gasteiger partial charge in [0.15, 0.2) is 0 Å². The van der Waals surface area contributed by atoms with Crippen LogP contribution in [0.5, 0.6) is 5.75 Å². The molecule has 108 valence electrons. The largest absolute Gasteiger partial charge is 0.508 e. The van der Waals surface area contributed by atoms with E-state index in [1.165, 1.54) is 23.3 Å². The van der Waals surface area contributed by atoms with Crippen molar-refractivity contribution >= 4 is 5.91 Å². The lowest BCUT2D eigenvalue weighted by molar-refractivity contribution is 0.0929. The highest BCUT2D eigenvalue weighted by Crippen LogP contribution is 2.22. The number of aryl methyl sites for hydroxylation is 1. The molecule has 0 saturated carbocycles. The predicted molar refractivity (Wildman–Crippen MR) is 77.8 cm³/mol. The summed E-state index contributed by atoms with van der Waals surface area (Å²) in [5, 5.41) is 12.1. The molecule has 1 aliphatic carbocycles. The lowest BCUT2D eigenvalue weighted by Gasteiger charge is -2.25. The number of hydrogen-bond donors (Lipinski definition) is 2. The van der Waals surface area contributed by atoms with Crippen molar-refractivity contribution in [3.63, 3.8) is 0 Å². The second-order valence-electron chi connectivity index (χ2n) is 5.35. The quantitative estimate of drug-likeness (QED) is 0.891. The van der Waals surface area contributed by atoms with Crippen LogP contribution in [0, 0.1) is 5.82 Å². The van der Waals surface area contributed by atoms with Gasteiger partial charge in [-0.15, -0.1) is 0 Å². The molecule has 2 aromatic rings. The SMILES string of the molecule is O=C(NC1CCc2ccccc2C1)c1ccc(O)cc1F. The number of fused-ring (bicyclic) bond motifs is 1. The molecule has 0 radical (unpaired) electrons. The van der Waals surface area contributed by atoms with Crippen LogP contribution < -0.4 is 5.32 Å². The number of carbonyl (C=O) groups excluding carboxylic acids is 1. The van der Waals surface area contributed by atoms with Crippen molar-refractivity contribution in [2.45, 2.75) is 25.3 Å². The summed E-state index contributed by atoms with van der Waals surface area (Å²) in [4.78, 5) is 12.1. The number of benzene rings is 2. The van der Waals surface area contributed by atoms with Crippen LogP contribution >= 0.6 is 0 Å². The molecule has 0 saturated heterocycles. The number of aromatic hydroxyl groups is 1.